The van der Waals surface area contributed by atoms with Crippen molar-refractivity contribution in [3.63, 3.8) is 0 Å². The molecular weight excluding hydrogens is 436 g/mol. The molecule has 1 aromatic carbocycles. The van der Waals surface area contributed by atoms with E-state index >= 15 is 0 Å². The fourth-order valence-corrected chi connectivity index (χ4v) is 4.66. The number of hydrogen-bond acceptors (Lipinski definition) is 8. The zero-order chi connectivity index (χ0) is 22.6. The number of aromatic nitrogens is 4. The Morgan fingerprint density at radius 2 is 2.09 bits per heavy atom. The summed E-state index contributed by atoms with van der Waals surface area (Å²) in [5.41, 5.74) is 4.57. The van der Waals surface area contributed by atoms with Gasteiger partial charge in [0.1, 0.15) is 6.61 Å². The van der Waals surface area contributed by atoms with Crippen molar-refractivity contribution in [2.24, 2.45) is 5.16 Å². The quantitative estimate of drug-likeness (QED) is 0.312. The lowest BCUT2D eigenvalue weighted by atomic mass is 10.1. The third kappa shape index (κ3) is 4.94. The molecule has 0 spiro atoms. The zero-order valence-corrected chi connectivity index (χ0v) is 19.5. The number of pyridine rings is 2. The van der Waals surface area contributed by atoms with Gasteiger partial charge in [-0.3, -0.25) is 9.38 Å². The molecule has 0 aliphatic carbocycles. The lowest BCUT2D eigenvalue weighted by Crippen LogP contribution is -2.27. The predicted octanol–water partition coefficient (Wildman–Crippen LogP) is 4.78. The van der Waals surface area contributed by atoms with Crippen LogP contribution in [0.3, 0.4) is 0 Å². The largest absolute Gasteiger partial charge is 0.396 e. The second-order valence-electron chi connectivity index (χ2n) is 7.93. The highest BCUT2D eigenvalue weighted by Crippen LogP contribution is 2.30. The molecule has 0 radical (unpaired) electrons. The van der Waals surface area contributed by atoms with Gasteiger partial charge in [-0.15, -0.1) is 10.2 Å². The second-order valence-corrected chi connectivity index (χ2v) is 8.98. The number of oxime groups is 1. The van der Waals surface area contributed by atoms with E-state index in [1.54, 1.807) is 11.8 Å². The summed E-state index contributed by atoms with van der Waals surface area (Å²) in [7, 11) is 0. The van der Waals surface area contributed by atoms with Crippen molar-refractivity contribution in [3.8, 4) is 0 Å². The molecule has 5 rings (SSSR count). The molecular formula is C24H26N6O2S. The van der Waals surface area contributed by atoms with Gasteiger partial charge in [0.15, 0.2) is 10.8 Å². The molecule has 0 amide bonds. The molecule has 0 saturated carbocycles. The first-order chi connectivity index (χ1) is 16.2. The standard InChI is InChI=1S/C24H26N6O2S/c1-3-32-29-16(2)17-4-7-23-27-28-24(30(23)15-17)33-21-5-6-22-18(13-21)12-20(14-25-22)26-19-8-10-31-11-9-19/h4-7,12-15,19,26H,3,8-11H2,1-2H3/b29-16+. The monoisotopic (exact) mass is 462 g/mol. The van der Waals surface area contributed by atoms with Crippen molar-refractivity contribution in [3.05, 3.63) is 54.4 Å². The molecule has 1 aliphatic heterocycles. The topological polar surface area (TPSA) is 85.9 Å². The molecule has 1 saturated heterocycles. The van der Waals surface area contributed by atoms with Crippen LogP contribution >= 0.6 is 11.8 Å². The molecule has 4 aromatic rings. The van der Waals surface area contributed by atoms with E-state index in [9.17, 15) is 0 Å². The number of fused-ring (bicyclic) bond motifs is 2. The molecule has 8 nitrogen and oxygen atoms in total. The van der Waals surface area contributed by atoms with Crippen LogP contribution < -0.4 is 5.32 Å². The Hall–Kier alpha value is -3.17. The van der Waals surface area contributed by atoms with Crippen molar-refractivity contribution in [2.75, 3.05) is 25.1 Å². The molecule has 1 aliphatic rings. The summed E-state index contributed by atoms with van der Waals surface area (Å²) in [6, 6.07) is 12.8. The van der Waals surface area contributed by atoms with Gasteiger partial charge in [-0.1, -0.05) is 5.16 Å². The van der Waals surface area contributed by atoms with E-state index < -0.39 is 0 Å². The van der Waals surface area contributed by atoms with Crippen LogP contribution in [-0.4, -0.2) is 51.2 Å². The maximum atomic E-state index is 5.46. The molecule has 1 fully saturated rings. The van der Waals surface area contributed by atoms with Crippen LogP contribution in [0.25, 0.3) is 16.6 Å². The van der Waals surface area contributed by atoms with Crippen LogP contribution in [0.2, 0.25) is 0 Å². The normalized spacial score (nSPS) is 15.3. The van der Waals surface area contributed by atoms with E-state index in [0.717, 1.165) is 69.6 Å². The summed E-state index contributed by atoms with van der Waals surface area (Å²) in [5, 5.41) is 18.3. The average Bonchev–Trinajstić information content (AvgIpc) is 3.25. The number of ether oxygens (including phenoxy) is 1. The first kappa shape index (κ1) is 21.7. The molecule has 33 heavy (non-hydrogen) atoms. The van der Waals surface area contributed by atoms with Crippen molar-refractivity contribution >= 4 is 39.7 Å². The van der Waals surface area contributed by atoms with Crippen molar-refractivity contribution < 1.29 is 9.57 Å². The molecule has 4 heterocycles. The van der Waals surface area contributed by atoms with Crippen molar-refractivity contribution in [1.82, 2.24) is 19.6 Å². The van der Waals surface area contributed by atoms with E-state index in [1.807, 2.05) is 48.8 Å². The van der Waals surface area contributed by atoms with Gasteiger partial charge in [0.2, 0.25) is 0 Å². The van der Waals surface area contributed by atoms with Gasteiger partial charge in [0, 0.05) is 41.3 Å². The molecule has 9 heteroatoms. The molecule has 170 valence electrons. The van der Waals surface area contributed by atoms with E-state index in [2.05, 4.69) is 43.9 Å². The molecule has 0 atom stereocenters. The number of hydrogen-bond donors (Lipinski definition) is 1. The van der Waals surface area contributed by atoms with E-state index in [4.69, 9.17) is 9.57 Å². The van der Waals surface area contributed by atoms with Crippen LogP contribution in [0.15, 0.2) is 64.0 Å². The van der Waals surface area contributed by atoms with Crippen LogP contribution in [-0.2, 0) is 9.57 Å². The maximum absolute atomic E-state index is 5.46. The summed E-state index contributed by atoms with van der Waals surface area (Å²) in [6.07, 6.45) is 5.94. The summed E-state index contributed by atoms with van der Waals surface area (Å²) >= 11 is 1.57. The minimum atomic E-state index is 0.432. The SMILES string of the molecule is CCO/N=C(\C)c1ccc2nnc(Sc3ccc4ncc(NC5CCOCC5)cc4c3)n2c1. The van der Waals surface area contributed by atoms with Gasteiger partial charge in [-0.2, -0.15) is 0 Å². The minimum absolute atomic E-state index is 0.432. The Labute approximate surface area is 196 Å². The summed E-state index contributed by atoms with van der Waals surface area (Å²) < 4.78 is 7.44. The fourth-order valence-electron chi connectivity index (χ4n) is 3.80. The maximum Gasteiger partial charge on any atom is 0.200 e. The summed E-state index contributed by atoms with van der Waals surface area (Å²) in [6.45, 7) is 6.00. The first-order valence-electron chi connectivity index (χ1n) is 11.1. The number of benzene rings is 1. The fraction of sp³-hybridized carbons (Fsp3) is 0.333. The van der Waals surface area contributed by atoms with Gasteiger partial charge in [-0.05, 0) is 74.8 Å². The lowest BCUT2D eigenvalue weighted by Gasteiger charge is -2.24. The van der Waals surface area contributed by atoms with Gasteiger partial charge in [-0.25, -0.2) is 0 Å². The second kappa shape index (κ2) is 9.76. The van der Waals surface area contributed by atoms with Gasteiger partial charge in [0.25, 0.3) is 0 Å². The van der Waals surface area contributed by atoms with Gasteiger partial charge in [0.05, 0.1) is 23.1 Å². The zero-order valence-electron chi connectivity index (χ0n) is 18.7. The highest BCUT2D eigenvalue weighted by atomic mass is 32.2. The number of rotatable bonds is 7. The summed E-state index contributed by atoms with van der Waals surface area (Å²) in [5.74, 6) is 0. The highest BCUT2D eigenvalue weighted by Gasteiger charge is 2.14. The number of nitrogens with one attached hydrogen (secondary N) is 1. The molecule has 0 bridgehead atoms. The summed E-state index contributed by atoms with van der Waals surface area (Å²) in [4.78, 5) is 10.9. The molecule has 1 N–H and O–H groups in total. The Balaban J connectivity index is 1.39. The smallest absolute Gasteiger partial charge is 0.200 e. The van der Waals surface area contributed by atoms with E-state index in [-0.39, 0.29) is 0 Å². The minimum Gasteiger partial charge on any atom is -0.396 e. The molecule has 3 aromatic heterocycles. The highest BCUT2D eigenvalue weighted by molar-refractivity contribution is 7.99. The Morgan fingerprint density at radius 1 is 1.21 bits per heavy atom. The van der Waals surface area contributed by atoms with Crippen LogP contribution in [0.5, 0.6) is 0 Å². The van der Waals surface area contributed by atoms with Crippen molar-refractivity contribution in [1.29, 1.82) is 0 Å². The third-order valence-corrected chi connectivity index (χ3v) is 6.52. The van der Waals surface area contributed by atoms with Crippen LogP contribution in [0.4, 0.5) is 5.69 Å². The van der Waals surface area contributed by atoms with Gasteiger partial charge >= 0.3 is 0 Å². The van der Waals surface area contributed by atoms with E-state index in [1.165, 1.54) is 0 Å². The predicted molar refractivity (Wildman–Crippen MR) is 130 cm³/mol. The van der Waals surface area contributed by atoms with Crippen LogP contribution in [0, 0.1) is 0 Å². The Kier molecular flexibility index (Phi) is 6.41. The van der Waals surface area contributed by atoms with Crippen LogP contribution in [0.1, 0.15) is 32.3 Å². The Bertz CT molecular complexity index is 1300. The molecule has 0 unspecified atom stereocenters. The Morgan fingerprint density at radius 3 is 2.94 bits per heavy atom. The average molecular weight is 463 g/mol. The number of nitrogens with zero attached hydrogens (tertiary/aromatic N) is 5. The van der Waals surface area contributed by atoms with E-state index in [0.29, 0.717) is 12.6 Å². The number of anilines is 1. The van der Waals surface area contributed by atoms with Crippen molar-refractivity contribution in [2.45, 2.75) is 42.8 Å². The lowest BCUT2D eigenvalue weighted by molar-refractivity contribution is 0.0904. The third-order valence-electron chi connectivity index (χ3n) is 5.57. The first-order valence-corrected chi connectivity index (χ1v) is 11.9. The van der Waals surface area contributed by atoms with Gasteiger partial charge < -0.3 is 14.9 Å².